The lowest BCUT2D eigenvalue weighted by Gasteiger charge is -2.14. The number of carbonyl (C=O) groups excluding carboxylic acids is 1. The molecule has 0 fully saturated rings. The van der Waals surface area contributed by atoms with Crippen LogP contribution in [-0.2, 0) is 0 Å². The number of nitrogens with one attached hydrogen (secondary N) is 1. The van der Waals surface area contributed by atoms with Gasteiger partial charge in [0.05, 0.1) is 11.6 Å². The molecule has 1 amide bonds. The van der Waals surface area contributed by atoms with Gasteiger partial charge in [0.1, 0.15) is 0 Å². The summed E-state index contributed by atoms with van der Waals surface area (Å²) in [5.74, 6) is -0.0949. The molecule has 1 heterocycles. The zero-order valence-electron chi connectivity index (χ0n) is 10.6. The molecule has 2 rings (SSSR count). The molecule has 1 unspecified atom stereocenters. The molecule has 1 atom stereocenters. The highest BCUT2D eigenvalue weighted by atomic mass is 16.1. The second-order valence-electron chi connectivity index (χ2n) is 4.36. The third kappa shape index (κ3) is 2.94. The topological polar surface area (TPSA) is 42.0 Å². The van der Waals surface area contributed by atoms with E-state index in [1.165, 1.54) is 0 Å². The van der Waals surface area contributed by atoms with E-state index in [0.717, 1.165) is 11.1 Å². The van der Waals surface area contributed by atoms with Crippen molar-refractivity contribution in [2.24, 2.45) is 0 Å². The van der Waals surface area contributed by atoms with Crippen LogP contribution in [0.3, 0.4) is 0 Å². The average molecular weight is 240 g/mol. The fourth-order valence-corrected chi connectivity index (χ4v) is 1.78. The van der Waals surface area contributed by atoms with Gasteiger partial charge in [0.15, 0.2) is 0 Å². The lowest BCUT2D eigenvalue weighted by molar-refractivity contribution is 0.0939. The van der Waals surface area contributed by atoms with Crippen LogP contribution in [0, 0.1) is 6.92 Å². The van der Waals surface area contributed by atoms with Crippen LogP contribution in [0.1, 0.15) is 34.5 Å². The van der Waals surface area contributed by atoms with Gasteiger partial charge in [-0.1, -0.05) is 30.3 Å². The monoisotopic (exact) mass is 240 g/mol. The minimum absolute atomic E-state index is 0.0146. The smallest absolute Gasteiger partial charge is 0.253 e. The van der Waals surface area contributed by atoms with Crippen LogP contribution >= 0.6 is 0 Å². The number of nitrogens with zero attached hydrogens (tertiary/aromatic N) is 1. The molecule has 0 aliphatic carbocycles. The second-order valence-corrected chi connectivity index (χ2v) is 4.36. The van der Waals surface area contributed by atoms with Crippen LogP contribution in [-0.4, -0.2) is 10.9 Å². The Labute approximate surface area is 107 Å². The van der Waals surface area contributed by atoms with Gasteiger partial charge in [-0.3, -0.25) is 9.78 Å². The van der Waals surface area contributed by atoms with Gasteiger partial charge < -0.3 is 5.32 Å². The standard InChI is InChI=1S/C15H16N2O/c1-11-8-14(10-16-9-11)15(18)17-12(2)13-6-4-3-5-7-13/h3-10,12H,1-2H3,(H,17,18). The molecular weight excluding hydrogens is 224 g/mol. The van der Waals surface area contributed by atoms with Crippen molar-refractivity contribution in [1.29, 1.82) is 0 Å². The Kier molecular flexibility index (Phi) is 3.72. The van der Waals surface area contributed by atoms with E-state index in [2.05, 4.69) is 10.3 Å². The van der Waals surface area contributed by atoms with Crippen molar-refractivity contribution in [3.05, 3.63) is 65.5 Å². The van der Waals surface area contributed by atoms with Crippen LogP contribution in [0.5, 0.6) is 0 Å². The number of hydrogen-bond donors (Lipinski definition) is 1. The Morgan fingerprint density at radius 3 is 2.61 bits per heavy atom. The highest BCUT2D eigenvalue weighted by Crippen LogP contribution is 2.12. The number of carbonyl (C=O) groups is 1. The Morgan fingerprint density at radius 1 is 1.22 bits per heavy atom. The summed E-state index contributed by atoms with van der Waals surface area (Å²) in [5.41, 5.74) is 2.67. The van der Waals surface area contributed by atoms with Gasteiger partial charge in [-0.2, -0.15) is 0 Å². The van der Waals surface area contributed by atoms with E-state index in [9.17, 15) is 4.79 Å². The summed E-state index contributed by atoms with van der Waals surface area (Å²) in [6, 6.07) is 11.7. The lowest BCUT2D eigenvalue weighted by Crippen LogP contribution is -2.26. The molecule has 0 aliphatic rings. The zero-order valence-corrected chi connectivity index (χ0v) is 10.6. The average Bonchev–Trinajstić information content (AvgIpc) is 2.39. The normalized spacial score (nSPS) is 11.9. The van der Waals surface area contributed by atoms with E-state index in [4.69, 9.17) is 0 Å². The summed E-state index contributed by atoms with van der Waals surface area (Å²) in [6.45, 7) is 3.89. The number of aromatic nitrogens is 1. The number of rotatable bonds is 3. The van der Waals surface area contributed by atoms with Crippen molar-refractivity contribution < 1.29 is 4.79 Å². The lowest BCUT2D eigenvalue weighted by atomic mass is 10.1. The van der Waals surface area contributed by atoms with Gasteiger partial charge in [-0.15, -0.1) is 0 Å². The van der Waals surface area contributed by atoms with E-state index in [0.29, 0.717) is 5.56 Å². The summed E-state index contributed by atoms with van der Waals surface area (Å²) in [5, 5.41) is 2.96. The molecule has 1 N–H and O–H groups in total. The summed E-state index contributed by atoms with van der Waals surface area (Å²) in [7, 11) is 0. The van der Waals surface area contributed by atoms with E-state index >= 15 is 0 Å². The summed E-state index contributed by atoms with van der Waals surface area (Å²) < 4.78 is 0. The molecule has 0 aliphatic heterocycles. The van der Waals surface area contributed by atoms with Crippen molar-refractivity contribution in [2.45, 2.75) is 19.9 Å². The summed E-state index contributed by atoms with van der Waals surface area (Å²) in [6.07, 6.45) is 3.32. The molecule has 0 radical (unpaired) electrons. The second kappa shape index (κ2) is 5.45. The maximum absolute atomic E-state index is 12.0. The Hall–Kier alpha value is -2.16. The molecule has 0 saturated carbocycles. The molecule has 0 saturated heterocycles. The highest BCUT2D eigenvalue weighted by Gasteiger charge is 2.11. The van der Waals surface area contributed by atoms with Gasteiger partial charge in [0.25, 0.3) is 5.91 Å². The van der Waals surface area contributed by atoms with Crippen LogP contribution in [0.2, 0.25) is 0 Å². The van der Waals surface area contributed by atoms with Gasteiger partial charge in [0.2, 0.25) is 0 Å². The van der Waals surface area contributed by atoms with Crippen molar-refractivity contribution in [2.75, 3.05) is 0 Å². The summed E-state index contributed by atoms with van der Waals surface area (Å²) in [4.78, 5) is 16.1. The maximum Gasteiger partial charge on any atom is 0.253 e. The molecule has 0 bridgehead atoms. The van der Waals surface area contributed by atoms with Crippen molar-refractivity contribution in [1.82, 2.24) is 10.3 Å². The van der Waals surface area contributed by atoms with E-state index < -0.39 is 0 Å². The van der Waals surface area contributed by atoms with Gasteiger partial charge in [0, 0.05) is 12.4 Å². The first-order valence-corrected chi connectivity index (χ1v) is 5.94. The quantitative estimate of drug-likeness (QED) is 0.896. The SMILES string of the molecule is Cc1cncc(C(=O)NC(C)c2ccccc2)c1. The van der Waals surface area contributed by atoms with Crippen LogP contribution in [0.25, 0.3) is 0 Å². The third-order valence-corrected chi connectivity index (χ3v) is 2.78. The largest absolute Gasteiger partial charge is 0.345 e. The van der Waals surface area contributed by atoms with Crippen LogP contribution in [0.4, 0.5) is 0 Å². The molecule has 3 nitrogen and oxygen atoms in total. The third-order valence-electron chi connectivity index (χ3n) is 2.78. The first-order chi connectivity index (χ1) is 8.66. The summed E-state index contributed by atoms with van der Waals surface area (Å²) >= 11 is 0. The van der Waals surface area contributed by atoms with Crippen molar-refractivity contribution in [3.8, 4) is 0 Å². The zero-order chi connectivity index (χ0) is 13.0. The van der Waals surface area contributed by atoms with Gasteiger partial charge in [-0.05, 0) is 31.0 Å². The van der Waals surface area contributed by atoms with Crippen LogP contribution in [0.15, 0.2) is 48.8 Å². The van der Waals surface area contributed by atoms with E-state index in [1.807, 2.05) is 50.2 Å². The van der Waals surface area contributed by atoms with Gasteiger partial charge >= 0.3 is 0 Å². The van der Waals surface area contributed by atoms with Gasteiger partial charge in [-0.25, -0.2) is 0 Å². The number of pyridine rings is 1. The van der Waals surface area contributed by atoms with Crippen molar-refractivity contribution in [3.63, 3.8) is 0 Å². The molecule has 1 aromatic heterocycles. The first-order valence-electron chi connectivity index (χ1n) is 5.94. The Bertz CT molecular complexity index is 537. The molecule has 3 heteroatoms. The molecule has 1 aromatic carbocycles. The highest BCUT2D eigenvalue weighted by molar-refractivity contribution is 5.94. The molecular formula is C15H16N2O. The molecule has 92 valence electrons. The maximum atomic E-state index is 12.0. The number of amides is 1. The van der Waals surface area contributed by atoms with Crippen LogP contribution < -0.4 is 5.32 Å². The first kappa shape index (κ1) is 12.3. The molecule has 18 heavy (non-hydrogen) atoms. The Morgan fingerprint density at radius 2 is 1.94 bits per heavy atom. The molecule has 2 aromatic rings. The fourth-order valence-electron chi connectivity index (χ4n) is 1.78. The predicted octanol–water partition coefficient (Wildman–Crippen LogP) is 2.88. The fraction of sp³-hybridized carbons (Fsp3) is 0.200. The number of aryl methyl sites for hydroxylation is 1. The molecule has 0 spiro atoms. The Balaban J connectivity index is 2.08. The van der Waals surface area contributed by atoms with E-state index in [1.54, 1.807) is 12.4 Å². The minimum atomic E-state index is -0.0949. The van der Waals surface area contributed by atoms with E-state index in [-0.39, 0.29) is 11.9 Å². The minimum Gasteiger partial charge on any atom is -0.345 e. The number of benzene rings is 1. The number of hydrogen-bond acceptors (Lipinski definition) is 2. The predicted molar refractivity (Wildman–Crippen MR) is 71.3 cm³/mol. The van der Waals surface area contributed by atoms with Crippen molar-refractivity contribution >= 4 is 5.91 Å².